The lowest BCUT2D eigenvalue weighted by Crippen LogP contribution is -2.34. The Kier molecular flexibility index (Phi) is 5.23. The molecule has 1 aromatic carbocycles. The third-order valence-electron chi connectivity index (χ3n) is 4.78. The number of halogens is 1. The lowest BCUT2D eigenvalue weighted by atomic mass is 10.1. The third-order valence-corrected chi connectivity index (χ3v) is 4.78. The topological polar surface area (TPSA) is 68.2 Å². The minimum absolute atomic E-state index is 0.0826. The van der Waals surface area contributed by atoms with Crippen molar-refractivity contribution in [3.8, 4) is 16.9 Å². The average Bonchev–Trinajstić information content (AvgIpc) is 3.24. The summed E-state index contributed by atoms with van der Waals surface area (Å²) in [5.41, 5.74) is 2.64. The highest BCUT2D eigenvalue weighted by Gasteiger charge is 2.31. The lowest BCUT2D eigenvalue weighted by Gasteiger charge is -2.24. The fraction of sp³-hybridized carbons (Fsp3) is 0.238. The van der Waals surface area contributed by atoms with E-state index in [1.807, 2.05) is 12.1 Å². The number of carbonyl (C=O) groups excluding carboxylic acids is 1. The van der Waals surface area contributed by atoms with Crippen molar-refractivity contribution in [2.45, 2.75) is 18.9 Å². The zero-order valence-electron chi connectivity index (χ0n) is 15.2. The lowest BCUT2D eigenvalue weighted by molar-refractivity contribution is -0.134. The Morgan fingerprint density at radius 1 is 1.11 bits per heavy atom. The van der Waals surface area contributed by atoms with Gasteiger partial charge in [-0.25, -0.2) is 14.4 Å². The summed E-state index contributed by atoms with van der Waals surface area (Å²) in [4.78, 5) is 27.0. The van der Waals surface area contributed by atoms with Crippen LogP contribution in [-0.2, 0) is 4.79 Å². The summed E-state index contributed by atoms with van der Waals surface area (Å²) < 4.78 is 19.0. The standard InChI is InChI=1S/C21H19FN4O2/c22-17-4-1-2-6-20(17)28-13-21(27)26-9-3-5-19(26)18-8-7-15(12-25-18)16-10-23-14-24-11-16/h1-2,4,6-8,10-12,14,19H,3,5,9,13H2/t19-/m0/s1. The van der Waals surface area contributed by atoms with Gasteiger partial charge in [-0.15, -0.1) is 0 Å². The Labute approximate surface area is 162 Å². The molecule has 1 atom stereocenters. The van der Waals surface area contributed by atoms with Crippen LogP contribution in [0.2, 0.25) is 0 Å². The van der Waals surface area contributed by atoms with Gasteiger partial charge in [0.15, 0.2) is 18.2 Å². The van der Waals surface area contributed by atoms with Gasteiger partial charge in [-0.05, 0) is 31.0 Å². The molecule has 0 saturated carbocycles. The van der Waals surface area contributed by atoms with Crippen LogP contribution in [0.1, 0.15) is 24.6 Å². The Morgan fingerprint density at radius 2 is 1.93 bits per heavy atom. The second-order valence-electron chi connectivity index (χ2n) is 6.56. The molecule has 0 bridgehead atoms. The maximum absolute atomic E-state index is 13.7. The molecule has 1 fully saturated rings. The van der Waals surface area contributed by atoms with Gasteiger partial charge in [-0.2, -0.15) is 0 Å². The van der Waals surface area contributed by atoms with Crippen LogP contribution in [0, 0.1) is 5.82 Å². The van der Waals surface area contributed by atoms with E-state index >= 15 is 0 Å². The number of nitrogens with zero attached hydrogens (tertiary/aromatic N) is 4. The summed E-state index contributed by atoms with van der Waals surface area (Å²) in [6.07, 6.45) is 8.45. The molecule has 2 aromatic heterocycles. The predicted molar refractivity (Wildman–Crippen MR) is 101 cm³/mol. The molecule has 3 aromatic rings. The number of amides is 1. The van der Waals surface area contributed by atoms with E-state index in [1.165, 1.54) is 18.5 Å². The van der Waals surface area contributed by atoms with E-state index in [4.69, 9.17) is 4.74 Å². The number of para-hydroxylation sites is 1. The van der Waals surface area contributed by atoms with Gasteiger partial charge in [0.25, 0.3) is 5.91 Å². The molecule has 1 amide bonds. The van der Waals surface area contributed by atoms with Crippen molar-refractivity contribution in [2.75, 3.05) is 13.2 Å². The van der Waals surface area contributed by atoms with Gasteiger partial charge in [-0.1, -0.05) is 18.2 Å². The Balaban J connectivity index is 1.44. The number of hydrogen-bond acceptors (Lipinski definition) is 5. The fourth-order valence-corrected chi connectivity index (χ4v) is 3.38. The summed E-state index contributed by atoms with van der Waals surface area (Å²) in [6.45, 7) is 0.441. The van der Waals surface area contributed by atoms with Crippen LogP contribution in [0.15, 0.2) is 61.3 Å². The summed E-state index contributed by atoms with van der Waals surface area (Å²) in [5, 5.41) is 0. The van der Waals surface area contributed by atoms with Crippen molar-refractivity contribution in [1.82, 2.24) is 19.9 Å². The molecule has 6 nitrogen and oxygen atoms in total. The first-order valence-corrected chi connectivity index (χ1v) is 9.10. The van der Waals surface area contributed by atoms with E-state index in [2.05, 4.69) is 15.0 Å². The third kappa shape index (κ3) is 3.83. The van der Waals surface area contributed by atoms with Gasteiger partial charge in [0.1, 0.15) is 6.33 Å². The van der Waals surface area contributed by atoms with Gasteiger partial charge in [0, 0.05) is 36.3 Å². The Hall–Kier alpha value is -3.35. The van der Waals surface area contributed by atoms with Crippen molar-refractivity contribution in [3.05, 3.63) is 72.8 Å². The maximum Gasteiger partial charge on any atom is 0.261 e. The SMILES string of the molecule is O=C(COc1ccccc1F)N1CCC[C@H]1c1ccc(-c2cncnc2)cn1. The Bertz CT molecular complexity index is 950. The van der Waals surface area contributed by atoms with E-state index in [0.717, 1.165) is 29.7 Å². The van der Waals surface area contributed by atoms with Crippen LogP contribution >= 0.6 is 0 Å². The monoisotopic (exact) mass is 378 g/mol. The van der Waals surface area contributed by atoms with E-state index in [0.29, 0.717) is 6.54 Å². The maximum atomic E-state index is 13.7. The summed E-state index contributed by atoms with van der Waals surface area (Å²) in [5.74, 6) is -0.567. The zero-order valence-corrected chi connectivity index (χ0v) is 15.2. The molecule has 7 heteroatoms. The number of ether oxygens (including phenoxy) is 1. The van der Waals surface area contributed by atoms with Crippen molar-refractivity contribution >= 4 is 5.91 Å². The first-order valence-electron chi connectivity index (χ1n) is 9.10. The molecule has 28 heavy (non-hydrogen) atoms. The zero-order chi connectivity index (χ0) is 19.3. The minimum Gasteiger partial charge on any atom is -0.481 e. The molecule has 0 N–H and O–H groups in total. The quantitative estimate of drug-likeness (QED) is 0.680. The molecule has 1 aliphatic rings. The van der Waals surface area contributed by atoms with Crippen molar-refractivity contribution in [2.24, 2.45) is 0 Å². The highest BCUT2D eigenvalue weighted by molar-refractivity contribution is 5.78. The molecule has 4 rings (SSSR count). The van der Waals surface area contributed by atoms with E-state index in [9.17, 15) is 9.18 Å². The number of benzene rings is 1. The van der Waals surface area contributed by atoms with E-state index < -0.39 is 5.82 Å². The van der Waals surface area contributed by atoms with Crippen LogP contribution in [0.4, 0.5) is 4.39 Å². The molecule has 3 heterocycles. The van der Waals surface area contributed by atoms with Crippen LogP contribution in [0.25, 0.3) is 11.1 Å². The summed E-state index contributed by atoms with van der Waals surface area (Å²) in [6, 6.07) is 9.85. The number of carbonyl (C=O) groups is 1. The molecule has 142 valence electrons. The van der Waals surface area contributed by atoms with Crippen LogP contribution in [0.5, 0.6) is 5.75 Å². The predicted octanol–water partition coefficient (Wildman–Crippen LogP) is 3.42. The molecular formula is C21H19FN4O2. The first kappa shape index (κ1) is 18.0. The van der Waals surface area contributed by atoms with Crippen LogP contribution in [-0.4, -0.2) is 38.9 Å². The van der Waals surface area contributed by atoms with E-state index in [-0.39, 0.29) is 24.3 Å². The first-order chi connectivity index (χ1) is 13.7. The molecule has 0 spiro atoms. The highest BCUT2D eigenvalue weighted by Crippen LogP contribution is 2.31. The molecule has 0 aliphatic carbocycles. The number of hydrogen-bond donors (Lipinski definition) is 0. The average molecular weight is 378 g/mol. The van der Waals surface area contributed by atoms with Gasteiger partial charge in [-0.3, -0.25) is 9.78 Å². The molecular weight excluding hydrogens is 359 g/mol. The van der Waals surface area contributed by atoms with Gasteiger partial charge < -0.3 is 9.64 Å². The van der Waals surface area contributed by atoms with Crippen molar-refractivity contribution < 1.29 is 13.9 Å². The fourth-order valence-electron chi connectivity index (χ4n) is 3.38. The summed E-state index contributed by atoms with van der Waals surface area (Å²) >= 11 is 0. The second-order valence-corrected chi connectivity index (χ2v) is 6.56. The van der Waals surface area contributed by atoms with Crippen LogP contribution in [0.3, 0.4) is 0 Å². The number of likely N-dealkylation sites (tertiary alicyclic amines) is 1. The van der Waals surface area contributed by atoms with Crippen molar-refractivity contribution in [3.63, 3.8) is 0 Å². The van der Waals surface area contributed by atoms with Gasteiger partial charge in [0.05, 0.1) is 11.7 Å². The minimum atomic E-state index is -0.476. The normalized spacial score (nSPS) is 16.2. The number of rotatable bonds is 5. The number of pyridine rings is 1. The van der Waals surface area contributed by atoms with E-state index in [1.54, 1.807) is 35.6 Å². The number of aromatic nitrogens is 3. The van der Waals surface area contributed by atoms with Crippen molar-refractivity contribution in [1.29, 1.82) is 0 Å². The molecule has 0 radical (unpaired) electrons. The second kappa shape index (κ2) is 8.12. The molecule has 1 saturated heterocycles. The van der Waals surface area contributed by atoms with Crippen LogP contribution < -0.4 is 4.74 Å². The summed E-state index contributed by atoms with van der Waals surface area (Å²) in [7, 11) is 0. The highest BCUT2D eigenvalue weighted by atomic mass is 19.1. The van der Waals surface area contributed by atoms with Gasteiger partial charge in [0.2, 0.25) is 0 Å². The smallest absolute Gasteiger partial charge is 0.261 e. The Morgan fingerprint density at radius 3 is 2.68 bits per heavy atom. The molecule has 0 unspecified atom stereocenters. The largest absolute Gasteiger partial charge is 0.481 e. The van der Waals surface area contributed by atoms with Gasteiger partial charge >= 0.3 is 0 Å². The molecule has 1 aliphatic heterocycles.